The smallest absolute Gasteiger partial charge is 0.193 e. The van der Waals surface area contributed by atoms with Crippen molar-refractivity contribution in [2.24, 2.45) is 7.05 Å². The maximum atomic E-state index is 9.42. The van der Waals surface area contributed by atoms with E-state index >= 15 is 0 Å². The number of aromatic hydroxyl groups is 1. The average molecular weight is 180 g/mol. The zero-order chi connectivity index (χ0) is 9.59. The molecule has 0 saturated carbocycles. The van der Waals surface area contributed by atoms with Crippen molar-refractivity contribution in [2.75, 3.05) is 18.2 Å². The van der Waals surface area contributed by atoms with Crippen LogP contribution in [0.4, 0.5) is 5.82 Å². The molecule has 0 unspecified atom stereocenters. The van der Waals surface area contributed by atoms with Gasteiger partial charge in [0.2, 0.25) is 0 Å². The average Bonchev–Trinajstić information content (AvgIpc) is 2.52. The predicted octanol–water partition coefficient (Wildman–Crippen LogP) is 0.441. The van der Waals surface area contributed by atoms with E-state index < -0.39 is 0 Å². The Morgan fingerprint density at radius 1 is 1.38 bits per heavy atom. The van der Waals surface area contributed by atoms with E-state index in [9.17, 15) is 5.11 Å². The maximum absolute atomic E-state index is 9.42. The van der Waals surface area contributed by atoms with Crippen molar-refractivity contribution in [2.45, 2.75) is 0 Å². The fourth-order valence-corrected chi connectivity index (χ4v) is 1.53. The van der Waals surface area contributed by atoms with Crippen LogP contribution in [-0.2, 0) is 7.05 Å². The van der Waals surface area contributed by atoms with E-state index in [0.717, 1.165) is 11.0 Å². The first-order chi connectivity index (χ1) is 6.15. The number of nitrogens with two attached hydrogens (primary N) is 1. The molecule has 0 aliphatic carbocycles. The summed E-state index contributed by atoms with van der Waals surface area (Å²) in [5.74, 6) is 0.858. The highest BCUT2D eigenvalue weighted by Gasteiger charge is 2.11. The molecular weight excluding hydrogens is 168 g/mol. The molecular formula is C8H12N4O. The number of aromatic nitrogens is 2. The van der Waals surface area contributed by atoms with Gasteiger partial charge in [-0.2, -0.15) is 0 Å². The third-order valence-corrected chi connectivity index (χ3v) is 2.24. The van der Waals surface area contributed by atoms with Gasteiger partial charge in [-0.15, -0.1) is 0 Å². The molecule has 2 aromatic heterocycles. The van der Waals surface area contributed by atoms with Gasteiger partial charge in [-0.1, -0.05) is 0 Å². The highest BCUT2D eigenvalue weighted by atomic mass is 16.3. The zero-order valence-electron chi connectivity index (χ0n) is 7.57. The topological polar surface area (TPSA) is 68.1 Å². The lowest BCUT2D eigenvalue weighted by Gasteiger charge is -2.03. The van der Waals surface area contributed by atoms with Crippen molar-refractivity contribution >= 4 is 16.9 Å². The lowest BCUT2D eigenvalue weighted by Crippen LogP contribution is -2.10. The van der Waals surface area contributed by atoms with E-state index in [2.05, 4.69) is 5.43 Å². The predicted molar refractivity (Wildman–Crippen MR) is 52.3 cm³/mol. The molecule has 4 N–H and O–H groups in total. The molecule has 2 aromatic rings. The van der Waals surface area contributed by atoms with Gasteiger partial charge in [0.05, 0.1) is 11.0 Å². The largest absolute Gasteiger partial charge is 0.494 e. The molecule has 5 heteroatoms. The summed E-state index contributed by atoms with van der Waals surface area (Å²) in [7, 11) is 3.57. The summed E-state index contributed by atoms with van der Waals surface area (Å²) in [5, 5.41) is 9.42. The molecule has 13 heavy (non-hydrogen) atoms. The molecule has 0 radical (unpaired) electrons. The number of hydrogen-bond acceptors (Lipinski definition) is 3. The molecule has 0 spiro atoms. The van der Waals surface area contributed by atoms with Gasteiger partial charge >= 0.3 is 0 Å². The molecule has 70 valence electrons. The molecule has 2 rings (SSSR count). The number of aryl methyl sites for hydroxylation is 1. The molecule has 2 heterocycles. The van der Waals surface area contributed by atoms with Crippen LogP contribution < -0.4 is 11.2 Å². The summed E-state index contributed by atoms with van der Waals surface area (Å²) in [6.45, 7) is 0. The van der Waals surface area contributed by atoms with Gasteiger partial charge in [0, 0.05) is 26.2 Å². The fraction of sp³-hybridized carbons (Fsp3) is 0.250. The summed E-state index contributed by atoms with van der Waals surface area (Å²) in [6, 6.07) is 3.48. The summed E-state index contributed by atoms with van der Waals surface area (Å²) >= 11 is 0. The van der Waals surface area contributed by atoms with Gasteiger partial charge in [-0.3, -0.25) is 0 Å². The van der Waals surface area contributed by atoms with E-state index in [1.54, 1.807) is 29.4 Å². The number of rotatable bonds is 1. The minimum atomic E-state index is 0.231. The zero-order valence-corrected chi connectivity index (χ0v) is 7.57. The molecule has 0 aromatic carbocycles. The number of fused-ring (bicyclic) bond motifs is 1. The van der Waals surface area contributed by atoms with Crippen molar-refractivity contribution in [3.63, 3.8) is 0 Å². The summed E-state index contributed by atoms with van der Waals surface area (Å²) in [4.78, 5) is 0. The quantitative estimate of drug-likeness (QED) is 0.596. The van der Waals surface area contributed by atoms with Crippen LogP contribution in [0.3, 0.4) is 0 Å². The van der Waals surface area contributed by atoms with Crippen LogP contribution in [0.15, 0.2) is 12.1 Å². The van der Waals surface area contributed by atoms with Crippen molar-refractivity contribution in [1.29, 1.82) is 0 Å². The first kappa shape index (κ1) is 7.85. The van der Waals surface area contributed by atoms with Crippen LogP contribution in [0, 0.1) is 0 Å². The van der Waals surface area contributed by atoms with Gasteiger partial charge in [-0.25, -0.2) is 4.68 Å². The third kappa shape index (κ3) is 0.867. The van der Waals surface area contributed by atoms with E-state index in [4.69, 9.17) is 5.73 Å². The molecule has 0 bridgehead atoms. The first-order valence-electron chi connectivity index (χ1n) is 3.98. The number of nitrogen functional groups attached to an aromatic ring is 1. The van der Waals surface area contributed by atoms with Crippen LogP contribution in [0.1, 0.15) is 0 Å². The number of anilines is 1. The Kier molecular flexibility index (Phi) is 1.42. The molecule has 0 atom stereocenters. The second-order valence-electron chi connectivity index (χ2n) is 2.96. The Morgan fingerprint density at radius 3 is 2.69 bits per heavy atom. The normalized spacial score (nSPS) is 10.9. The number of nitrogens with zero attached hydrogens (tertiary/aromatic N) is 2. The van der Waals surface area contributed by atoms with Crippen molar-refractivity contribution in [1.82, 2.24) is 9.24 Å². The molecule has 0 amide bonds. The molecule has 0 saturated heterocycles. The van der Waals surface area contributed by atoms with Crippen LogP contribution in [0.5, 0.6) is 5.88 Å². The highest BCUT2D eigenvalue weighted by Crippen LogP contribution is 2.26. The molecule has 0 aliphatic rings. The maximum Gasteiger partial charge on any atom is 0.193 e. The van der Waals surface area contributed by atoms with Gasteiger partial charge < -0.3 is 20.8 Å². The van der Waals surface area contributed by atoms with Gasteiger partial charge in [-0.05, 0) is 0 Å². The second-order valence-corrected chi connectivity index (χ2v) is 2.96. The van der Waals surface area contributed by atoms with Crippen LogP contribution in [-0.4, -0.2) is 21.4 Å². The highest BCUT2D eigenvalue weighted by molar-refractivity contribution is 5.84. The Hall–Kier alpha value is -1.78. The minimum Gasteiger partial charge on any atom is -0.494 e. The SMILES string of the molecule is CNn1c(N)cc2c1cc(O)n2C. The fourth-order valence-electron chi connectivity index (χ4n) is 1.53. The Balaban J connectivity index is 2.84. The summed E-state index contributed by atoms with van der Waals surface area (Å²) in [5.41, 5.74) is 10.4. The summed E-state index contributed by atoms with van der Waals surface area (Å²) < 4.78 is 3.40. The Labute approximate surface area is 75.3 Å². The molecule has 0 aliphatic heterocycles. The van der Waals surface area contributed by atoms with E-state index in [0.29, 0.717) is 5.82 Å². The van der Waals surface area contributed by atoms with E-state index in [1.807, 2.05) is 6.07 Å². The first-order valence-corrected chi connectivity index (χ1v) is 3.98. The van der Waals surface area contributed by atoms with Crippen molar-refractivity contribution < 1.29 is 5.11 Å². The van der Waals surface area contributed by atoms with Gasteiger partial charge in [0.15, 0.2) is 5.88 Å². The minimum absolute atomic E-state index is 0.231. The van der Waals surface area contributed by atoms with Gasteiger partial charge in [0.25, 0.3) is 0 Å². The van der Waals surface area contributed by atoms with E-state index in [-0.39, 0.29) is 5.88 Å². The molecule has 5 nitrogen and oxygen atoms in total. The van der Waals surface area contributed by atoms with Gasteiger partial charge in [0.1, 0.15) is 5.82 Å². The van der Waals surface area contributed by atoms with E-state index in [1.165, 1.54) is 0 Å². The number of nitrogens with one attached hydrogen (secondary N) is 1. The Bertz CT molecular complexity index is 454. The summed E-state index contributed by atoms with van der Waals surface area (Å²) in [6.07, 6.45) is 0. The standard InChI is InChI=1S/C8H12N4O/c1-10-12-6-4-8(13)11(2)5(6)3-7(12)9/h3-4,10,13H,9H2,1-2H3. The van der Waals surface area contributed by atoms with Crippen LogP contribution in [0.2, 0.25) is 0 Å². The lowest BCUT2D eigenvalue weighted by molar-refractivity contribution is 0.435. The monoisotopic (exact) mass is 180 g/mol. The third-order valence-electron chi connectivity index (χ3n) is 2.24. The Morgan fingerprint density at radius 2 is 2.08 bits per heavy atom. The number of hydrogen-bond donors (Lipinski definition) is 3. The van der Waals surface area contributed by atoms with Crippen molar-refractivity contribution in [3.8, 4) is 5.88 Å². The van der Waals surface area contributed by atoms with Crippen LogP contribution >= 0.6 is 0 Å². The lowest BCUT2D eigenvalue weighted by atomic mass is 10.5. The second kappa shape index (κ2) is 2.35. The molecule has 0 fully saturated rings. The van der Waals surface area contributed by atoms with Crippen molar-refractivity contribution in [3.05, 3.63) is 12.1 Å². The van der Waals surface area contributed by atoms with Crippen LogP contribution in [0.25, 0.3) is 11.0 Å².